The van der Waals surface area contributed by atoms with Gasteiger partial charge in [-0.3, -0.25) is 14.3 Å². The molecule has 0 saturated carbocycles. The number of rotatable bonds is 7. The lowest BCUT2D eigenvalue weighted by Gasteiger charge is -2.13. The SMILES string of the molecule is C[C@@H](Oc1ccccc1F)C(=O)Nc1nnc([S@@](=O)Cc2ccccc2)s1. The molecule has 0 saturated heterocycles. The Bertz CT molecular complexity index is 950. The van der Waals surface area contributed by atoms with E-state index in [1.807, 2.05) is 30.3 Å². The van der Waals surface area contributed by atoms with E-state index < -0.39 is 28.6 Å². The summed E-state index contributed by atoms with van der Waals surface area (Å²) in [6.07, 6.45) is -0.941. The van der Waals surface area contributed by atoms with Crippen molar-refractivity contribution < 1.29 is 18.1 Å². The van der Waals surface area contributed by atoms with Crippen LogP contribution >= 0.6 is 11.3 Å². The summed E-state index contributed by atoms with van der Waals surface area (Å²) < 4.78 is 31.6. The van der Waals surface area contributed by atoms with Crippen molar-refractivity contribution in [1.82, 2.24) is 10.2 Å². The number of ether oxygens (including phenoxy) is 1. The molecule has 3 rings (SSSR count). The topological polar surface area (TPSA) is 81.2 Å². The van der Waals surface area contributed by atoms with Crippen molar-refractivity contribution >= 4 is 33.2 Å². The van der Waals surface area contributed by atoms with Gasteiger partial charge in [0.05, 0.1) is 16.6 Å². The fourth-order valence-corrected chi connectivity index (χ4v) is 4.15. The summed E-state index contributed by atoms with van der Waals surface area (Å²) in [5, 5.41) is 10.5. The van der Waals surface area contributed by atoms with Gasteiger partial charge in [-0.1, -0.05) is 53.8 Å². The van der Waals surface area contributed by atoms with Gasteiger partial charge in [0.25, 0.3) is 5.91 Å². The molecule has 0 aliphatic rings. The van der Waals surface area contributed by atoms with Crippen LogP contribution in [0.15, 0.2) is 58.9 Å². The molecule has 27 heavy (non-hydrogen) atoms. The van der Waals surface area contributed by atoms with Crippen molar-refractivity contribution in [3.8, 4) is 5.75 Å². The normalized spacial score (nSPS) is 13.0. The second kappa shape index (κ2) is 8.83. The van der Waals surface area contributed by atoms with Gasteiger partial charge < -0.3 is 4.74 Å². The molecule has 0 unspecified atom stereocenters. The van der Waals surface area contributed by atoms with Crippen LogP contribution in [-0.4, -0.2) is 26.4 Å². The van der Waals surface area contributed by atoms with Crippen LogP contribution in [0.5, 0.6) is 5.75 Å². The fraction of sp³-hybridized carbons (Fsp3) is 0.167. The average Bonchev–Trinajstić information content (AvgIpc) is 3.13. The predicted octanol–water partition coefficient (Wildman–Crippen LogP) is 3.39. The number of amides is 1. The van der Waals surface area contributed by atoms with Gasteiger partial charge in [0.2, 0.25) is 9.47 Å². The van der Waals surface area contributed by atoms with Crippen LogP contribution in [0.4, 0.5) is 9.52 Å². The maximum absolute atomic E-state index is 13.6. The van der Waals surface area contributed by atoms with E-state index in [0.29, 0.717) is 10.1 Å². The molecule has 0 aliphatic heterocycles. The molecule has 2 aromatic carbocycles. The maximum atomic E-state index is 13.6. The number of halogens is 1. The summed E-state index contributed by atoms with van der Waals surface area (Å²) in [5.74, 6) is -0.750. The van der Waals surface area contributed by atoms with Gasteiger partial charge in [-0.15, -0.1) is 10.2 Å². The lowest BCUT2D eigenvalue weighted by molar-refractivity contribution is -0.122. The second-order valence-corrected chi connectivity index (χ2v) is 8.13. The summed E-state index contributed by atoms with van der Waals surface area (Å²) in [5.41, 5.74) is 0.920. The Morgan fingerprint density at radius 2 is 1.89 bits per heavy atom. The number of carbonyl (C=O) groups excluding carboxylic acids is 1. The van der Waals surface area contributed by atoms with Crippen LogP contribution in [0.2, 0.25) is 0 Å². The molecule has 0 fully saturated rings. The molecular weight excluding hydrogens is 389 g/mol. The number of para-hydroxylation sites is 1. The molecule has 0 bridgehead atoms. The van der Waals surface area contributed by atoms with E-state index in [-0.39, 0.29) is 10.9 Å². The number of hydrogen-bond acceptors (Lipinski definition) is 6. The van der Waals surface area contributed by atoms with Gasteiger partial charge >= 0.3 is 0 Å². The lowest BCUT2D eigenvalue weighted by Crippen LogP contribution is -2.30. The predicted molar refractivity (Wildman–Crippen MR) is 102 cm³/mol. The van der Waals surface area contributed by atoms with E-state index in [1.54, 1.807) is 6.07 Å². The van der Waals surface area contributed by atoms with E-state index in [2.05, 4.69) is 15.5 Å². The monoisotopic (exact) mass is 405 g/mol. The van der Waals surface area contributed by atoms with Gasteiger partial charge in [0, 0.05) is 0 Å². The smallest absolute Gasteiger partial charge is 0.266 e. The van der Waals surface area contributed by atoms with E-state index in [1.165, 1.54) is 25.1 Å². The Kier molecular flexibility index (Phi) is 6.25. The molecule has 1 N–H and O–H groups in total. The molecule has 6 nitrogen and oxygen atoms in total. The Balaban J connectivity index is 1.59. The van der Waals surface area contributed by atoms with Crippen LogP contribution in [-0.2, 0) is 21.3 Å². The second-order valence-electron chi connectivity index (χ2n) is 5.53. The molecule has 2 atom stereocenters. The first-order chi connectivity index (χ1) is 13.0. The zero-order valence-corrected chi connectivity index (χ0v) is 15.9. The third-order valence-electron chi connectivity index (χ3n) is 3.48. The van der Waals surface area contributed by atoms with Gasteiger partial charge in [-0.25, -0.2) is 4.39 Å². The summed E-state index contributed by atoms with van der Waals surface area (Å²) in [4.78, 5) is 12.2. The van der Waals surface area contributed by atoms with E-state index in [9.17, 15) is 13.4 Å². The van der Waals surface area contributed by atoms with Crippen molar-refractivity contribution in [3.05, 3.63) is 66.0 Å². The number of hydrogen-bond donors (Lipinski definition) is 1. The number of anilines is 1. The number of nitrogens with one attached hydrogen (secondary N) is 1. The quantitative estimate of drug-likeness (QED) is 0.610. The molecule has 0 aliphatic carbocycles. The highest BCUT2D eigenvalue weighted by Gasteiger charge is 2.19. The zero-order chi connectivity index (χ0) is 19.2. The highest BCUT2D eigenvalue weighted by Crippen LogP contribution is 2.22. The van der Waals surface area contributed by atoms with Crippen LogP contribution < -0.4 is 10.1 Å². The Morgan fingerprint density at radius 3 is 2.63 bits per heavy atom. The van der Waals surface area contributed by atoms with Crippen molar-refractivity contribution in [2.75, 3.05) is 5.32 Å². The Morgan fingerprint density at radius 1 is 1.19 bits per heavy atom. The third kappa shape index (κ3) is 5.18. The number of benzene rings is 2. The standard InChI is InChI=1S/C18H16FN3O3S2/c1-12(25-15-10-6-5-9-14(15)19)16(23)20-17-21-22-18(26-17)27(24)11-13-7-3-2-4-8-13/h2-10,12H,11H2,1H3,(H,20,21,23)/t12-,27+/m1/s1. The van der Waals surface area contributed by atoms with Crippen molar-refractivity contribution in [2.45, 2.75) is 23.1 Å². The summed E-state index contributed by atoms with van der Waals surface area (Å²) in [6.45, 7) is 1.50. The minimum absolute atomic E-state index is 0.0120. The number of carbonyl (C=O) groups is 1. The maximum Gasteiger partial charge on any atom is 0.266 e. The highest BCUT2D eigenvalue weighted by atomic mass is 32.2. The fourth-order valence-electron chi connectivity index (χ4n) is 2.13. The van der Waals surface area contributed by atoms with Gasteiger partial charge in [0.15, 0.2) is 17.7 Å². The average molecular weight is 405 g/mol. The molecular formula is C18H16FN3O3S2. The third-order valence-corrected chi connectivity index (χ3v) is 5.99. The van der Waals surface area contributed by atoms with Gasteiger partial charge in [-0.2, -0.15) is 0 Å². The first-order valence-electron chi connectivity index (χ1n) is 8.01. The molecule has 0 radical (unpaired) electrons. The Labute approximate surface area is 161 Å². The minimum atomic E-state index is -1.36. The molecule has 0 spiro atoms. The highest BCUT2D eigenvalue weighted by molar-refractivity contribution is 7.86. The van der Waals surface area contributed by atoms with Crippen LogP contribution in [0, 0.1) is 5.82 Å². The van der Waals surface area contributed by atoms with Crippen LogP contribution in [0.3, 0.4) is 0 Å². The molecule has 3 aromatic rings. The molecule has 9 heteroatoms. The number of nitrogens with zero attached hydrogens (tertiary/aromatic N) is 2. The first kappa shape index (κ1) is 19.1. The largest absolute Gasteiger partial charge is 0.478 e. The Hall–Kier alpha value is -2.65. The number of aromatic nitrogens is 2. The van der Waals surface area contributed by atoms with Gasteiger partial charge in [-0.05, 0) is 24.6 Å². The molecule has 1 heterocycles. The summed E-state index contributed by atoms with van der Waals surface area (Å²) in [7, 11) is -1.36. The van der Waals surface area contributed by atoms with E-state index in [4.69, 9.17) is 4.74 Å². The lowest BCUT2D eigenvalue weighted by atomic mass is 10.2. The van der Waals surface area contributed by atoms with Crippen molar-refractivity contribution in [3.63, 3.8) is 0 Å². The molecule has 1 aromatic heterocycles. The first-order valence-corrected chi connectivity index (χ1v) is 10.1. The zero-order valence-electron chi connectivity index (χ0n) is 14.3. The van der Waals surface area contributed by atoms with E-state index in [0.717, 1.165) is 16.9 Å². The van der Waals surface area contributed by atoms with Gasteiger partial charge in [0.1, 0.15) is 0 Å². The molecule has 1 amide bonds. The van der Waals surface area contributed by atoms with Crippen molar-refractivity contribution in [2.24, 2.45) is 0 Å². The summed E-state index contributed by atoms with van der Waals surface area (Å²) in [6, 6.07) is 15.2. The van der Waals surface area contributed by atoms with Crippen LogP contribution in [0.25, 0.3) is 0 Å². The van der Waals surface area contributed by atoms with E-state index >= 15 is 0 Å². The summed E-state index contributed by atoms with van der Waals surface area (Å²) >= 11 is 1.03. The van der Waals surface area contributed by atoms with Crippen molar-refractivity contribution in [1.29, 1.82) is 0 Å². The minimum Gasteiger partial charge on any atom is -0.478 e. The molecule has 140 valence electrons. The van der Waals surface area contributed by atoms with Crippen LogP contribution in [0.1, 0.15) is 12.5 Å².